The van der Waals surface area contributed by atoms with Crippen LogP contribution in [0, 0.1) is 22.0 Å². The number of amides is 2. The smallest absolute Gasteiger partial charge is 0.356 e. The minimum atomic E-state index is -0.889. The van der Waals surface area contributed by atoms with Gasteiger partial charge >= 0.3 is 5.97 Å². The van der Waals surface area contributed by atoms with Crippen LogP contribution in [0.4, 0.5) is 5.69 Å². The summed E-state index contributed by atoms with van der Waals surface area (Å²) >= 11 is 1.26. The van der Waals surface area contributed by atoms with Gasteiger partial charge in [-0.2, -0.15) is 0 Å². The molecule has 2 heterocycles. The maximum atomic E-state index is 13.4. The average molecular weight is 554 g/mol. The Kier molecular flexibility index (Phi) is 8.41. The highest BCUT2D eigenvalue weighted by atomic mass is 32.2. The average Bonchev–Trinajstić information content (AvgIpc) is 3.15. The molecule has 39 heavy (non-hydrogen) atoms. The maximum absolute atomic E-state index is 13.4. The molecule has 1 saturated heterocycles. The molecule has 2 aliphatic heterocycles. The van der Waals surface area contributed by atoms with Crippen LogP contribution in [0.3, 0.4) is 0 Å². The molecule has 0 bridgehead atoms. The zero-order chi connectivity index (χ0) is 28.4. The van der Waals surface area contributed by atoms with E-state index in [1.807, 2.05) is 32.9 Å². The number of carbonyl (C=O) groups excluding carboxylic acids is 3. The van der Waals surface area contributed by atoms with Crippen molar-refractivity contribution in [3.8, 4) is 0 Å². The van der Waals surface area contributed by atoms with Crippen molar-refractivity contribution in [2.45, 2.75) is 51.3 Å². The third-order valence-electron chi connectivity index (χ3n) is 7.21. The highest BCUT2D eigenvalue weighted by molar-refractivity contribution is 8.03. The number of aliphatic hydroxyl groups is 1. The third-order valence-corrected chi connectivity index (χ3v) is 8.57. The van der Waals surface area contributed by atoms with Crippen molar-refractivity contribution in [3.05, 3.63) is 80.4 Å². The Hall–Kier alpha value is -3.70. The summed E-state index contributed by atoms with van der Waals surface area (Å²) in [5.41, 5.74) is 1.08. The molecule has 0 aliphatic carbocycles. The summed E-state index contributed by atoms with van der Waals surface area (Å²) in [6.45, 7) is 8.23. The number of hydrogen-bond donors (Lipinski definition) is 1. The lowest BCUT2D eigenvalue weighted by Gasteiger charge is -2.46. The number of esters is 1. The highest BCUT2D eigenvalue weighted by Crippen LogP contribution is 2.52. The van der Waals surface area contributed by atoms with Crippen LogP contribution >= 0.6 is 11.8 Å². The van der Waals surface area contributed by atoms with Crippen molar-refractivity contribution in [2.75, 3.05) is 13.1 Å². The number of aliphatic hydroxyl groups excluding tert-OH is 1. The number of fused-ring (bicyclic) bond motifs is 1. The van der Waals surface area contributed by atoms with Gasteiger partial charge in [0.1, 0.15) is 12.3 Å². The summed E-state index contributed by atoms with van der Waals surface area (Å²) in [4.78, 5) is 54.5. The highest BCUT2D eigenvalue weighted by Gasteiger charge is 2.60. The molecule has 1 N–H and O–H groups in total. The van der Waals surface area contributed by atoms with Gasteiger partial charge < -0.3 is 19.6 Å². The van der Waals surface area contributed by atoms with Gasteiger partial charge in [-0.1, -0.05) is 30.8 Å². The van der Waals surface area contributed by atoms with Crippen LogP contribution in [0.15, 0.2) is 64.0 Å². The number of nitro benzene ring substituents is 1. The van der Waals surface area contributed by atoms with Crippen LogP contribution in [0.1, 0.15) is 43.6 Å². The second-order valence-corrected chi connectivity index (χ2v) is 10.6. The number of hydrogen-bond acceptors (Lipinski definition) is 8. The van der Waals surface area contributed by atoms with E-state index in [0.29, 0.717) is 34.0 Å². The van der Waals surface area contributed by atoms with Crippen LogP contribution in [0.25, 0.3) is 0 Å². The molecule has 2 aromatic rings. The summed E-state index contributed by atoms with van der Waals surface area (Å²) in [6, 6.07) is 12.4. The van der Waals surface area contributed by atoms with E-state index >= 15 is 0 Å². The molecule has 0 radical (unpaired) electrons. The fourth-order valence-corrected chi connectivity index (χ4v) is 6.36. The lowest BCUT2D eigenvalue weighted by atomic mass is 9.79. The summed E-state index contributed by atoms with van der Waals surface area (Å²) < 4.78 is 5.56. The van der Waals surface area contributed by atoms with Crippen molar-refractivity contribution < 1.29 is 29.2 Å². The summed E-state index contributed by atoms with van der Waals surface area (Å²) in [7, 11) is 0. The second kappa shape index (κ2) is 11.6. The first-order valence-electron chi connectivity index (χ1n) is 12.8. The minimum absolute atomic E-state index is 0.0767. The molecule has 0 spiro atoms. The van der Waals surface area contributed by atoms with E-state index in [4.69, 9.17) is 4.74 Å². The topological polar surface area (TPSA) is 130 Å². The molecule has 10 nitrogen and oxygen atoms in total. The molecule has 0 unspecified atom stereocenters. The Labute approximate surface area is 230 Å². The predicted octanol–water partition coefficient (Wildman–Crippen LogP) is 3.98. The molecule has 1 fully saturated rings. The van der Waals surface area contributed by atoms with Crippen LogP contribution in [-0.2, 0) is 20.9 Å². The molecule has 0 saturated carbocycles. The zero-order valence-electron chi connectivity index (χ0n) is 22.2. The molecule has 2 aromatic carbocycles. The van der Waals surface area contributed by atoms with Crippen LogP contribution in [0.5, 0.6) is 0 Å². The van der Waals surface area contributed by atoms with Gasteiger partial charge in [0.05, 0.1) is 28.6 Å². The van der Waals surface area contributed by atoms with E-state index < -0.39 is 29.0 Å². The van der Waals surface area contributed by atoms with Gasteiger partial charge in [-0.25, -0.2) is 4.79 Å². The van der Waals surface area contributed by atoms with Crippen LogP contribution in [0.2, 0.25) is 0 Å². The van der Waals surface area contributed by atoms with E-state index in [2.05, 4.69) is 0 Å². The molecule has 0 aromatic heterocycles. The van der Waals surface area contributed by atoms with Crippen LogP contribution < -0.4 is 0 Å². The van der Waals surface area contributed by atoms with E-state index in [9.17, 15) is 29.6 Å². The van der Waals surface area contributed by atoms with Gasteiger partial charge in [0, 0.05) is 40.9 Å². The van der Waals surface area contributed by atoms with Gasteiger partial charge in [-0.15, -0.1) is 0 Å². The summed E-state index contributed by atoms with van der Waals surface area (Å²) in [5.74, 6) is -2.13. The molecule has 206 valence electrons. The summed E-state index contributed by atoms with van der Waals surface area (Å²) in [5, 5.41) is 21.2. The minimum Gasteiger partial charge on any atom is -0.456 e. The normalized spacial score (nSPS) is 20.8. The number of rotatable bonds is 10. The number of β-lactam (4-membered cyclic amide) rings is 1. The number of benzene rings is 2. The van der Waals surface area contributed by atoms with Gasteiger partial charge in [-0.3, -0.25) is 19.7 Å². The lowest BCUT2D eigenvalue weighted by Crippen LogP contribution is -2.63. The summed E-state index contributed by atoms with van der Waals surface area (Å²) in [6.07, 6.45) is -0.889. The fourth-order valence-electron chi connectivity index (χ4n) is 5.11. The molecule has 4 rings (SSSR count). The van der Waals surface area contributed by atoms with Crippen molar-refractivity contribution in [1.29, 1.82) is 0 Å². The molecule has 2 aliphatic rings. The first kappa shape index (κ1) is 28.3. The Morgan fingerprint density at radius 2 is 1.79 bits per heavy atom. The largest absolute Gasteiger partial charge is 0.456 e. The van der Waals surface area contributed by atoms with Gasteiger partial charge in [-0.05, 0) is 50.6 Å². The van der Waals surface area contributed by atoms with E-state index in [-0.39, 0.29) is 35.7 Å². The van der Waals surface area contributed by atoms with Gasteiger partial charge in [0.2, 0.25) is 5.91 Å². The molecular formula is C28H31N3O7S. The molecule has 4 atom stereocenters. The Morgan fingerprint density at radius 1 is 1.15 bits per heavy atom. The van der Waals surface area contributed by atoms with E-state index in [1.54, 1.807) is 24.0 Å². The number of nitro groups is 1. The number of carbonyl (C=O) groups is 3. The quantitative estimate of drug-likeness (QED) is 0.202. The van der Waals surface area contributed by atoms with Crippen molar-refractivity contribution in [3.63, 3.8) is 0 Å². The maximum Gasteiger partial charge on any atom is 0.356 e. The van der Waals surface area contributed by atoms with Crippen molar-refractivity contribution >= 4 is 35.2 Å². The van der Waals surface area contributed by atoms with E-state index in [0.717, 1.165) is 0 Å². The lowest BCUT2D eigenvalue weighted by molar-refractivity contribution is -0.384. The number of thioether (sulfide) groups is 1. The fraction of sp³-hybridized carbons (Fsp3) is 0.393. The molecule has 11 heteroatoms. The van der Waals surface area contributed by atoms with Crippen molar-refractivity contribution in [2.24, 2.45) is 11.8 Å². The van der Waals surface area contributed by atoms with Crippen LogP contribution in [-0.4, -0.2) is 62.8 Å². The first-order chi connectivity index (χ1) is 18.6. The van der Waals surface area contributed by atoms with Gasteiger partial charge in [0.25, 0.3) is 11.6 Å². The Bertz CT molecular complexity index is 1320. The number of nitrogens with zero attached hydrogens (tertiary/aromatic N) is 3. The Morgan fingerprint density at radius 3 is 2.38 bits per heavy atom. The first-order valence-corrected chi connectivity index (χ1v) is 13.6. The predicted molar refractivity (Wildman–Crippen MR) is 144 cm³/mol. The third kappa shape index (κ3) is 5.28. The standard InChI is InChI=1S/C28H31N3O7S/c1-5-29(6-2)26(33)20-9-7-8-10-21(20)39-25-16(3)23-22(17(4)32)27(34)30(23)24(25)28(35)38-15-18-11-13-19(14-12-18)31(36)37/h7-14,16-17,22-23,32H,5-6,15H2,1-4H3/t16-,17-,22-,23-/m1/s1. The second-order valence-electron chi connectivity index (χ2n) is 9.54. The SMILES string of the molecule is CCN(CC)C(=O)c1ccccc1SC1=C(C(=O)OCc2ccc([N+](=O)[O-])cc2)N2C(=O)[C@H]([C@@H](C)O)[C@H]2[C@H]1C. The van der Waals surface area contributed by atoms with Crippen molar-refractivity contribution in [1.82, 2.24) is 9.80 Å². The monoisotopic (exact) mass is 553 g/mol. The van der Waals surface area contributed by atoms with E-state index in [1.165, 1.54) is 40.9 Å². The molecular weight excluding hydrogens is 522 g/mol. The number of non-ortho nitro benzene ring substituents is 1. The zero-order valence-corrected chi connectivity index (χ0v) is 23.0. The number of ether oxygens (including phenoxy) is 1. The Balaban J connectivity index is 1.66. The molecule has 2 amide bonds. The van der Waals surface area contributed by atoms with Gasteiger partial charge in [0.15, 0.2) is 0 Å².